The third kappa shape index (κ3) is 3.91. The molecule has 19 heavy (non-hydrogen) atoms. The highest BCUT2D eigenvalue weighted by Crippen LogP contribution is 2.12. The minimum atomic E-state index is -0.594. The van der Waals surface area contributed by atoms with E-state index in [4.69, 9.17) is 5.73 Å². The van der Waals surface area contributed by atoms with E-state index < -0.39 is 6.04 Å². The third-order valence-electron chi connectivity index (χ3n) is 2.97. The van der Waals surface area contributed by atoms with Crippen molar-refractivity contribution in [1.29, 1.82) is 0 Å². The Balaban J connectivity index is 1.83. The van der Waals surface area contributed by atoms with Gasteiger partial charge >= 0.3 is 0 Å². The van der Waals surface area contributed by atoms with Gasteiger partial charge in [0.05, 0.1) is 0 Å². The lowest BCUT2D eigenvalue weighted by Crippen LogP contribution is -2.35. The van der Waals surface area contributed by atoms with E-state index in [1.54, 1.807) is 11.3 Å². The topological polar surface area (TPSA) is 55.1 Å². The van der Waals surface area contributed by atoms with Crippen molar-refractivity contribution >= 4 is 17.2 Å². The molecule has 0 aliphatic heterocycles. The number of aryl methyl sites for hydroxylation is 1. The molecule has 0 radical (unpaired) electrons. The zero-order chi connectivity index (χ0) is 13.7. The van der Waals surface area contributed by atoms with Crippen LogP contribution in [0.15, 0.2) is 41.8 Å². The molecule has 2 aromatic rings. The number of hydrogen-bond acceptors (Lipinski definition) is 3. The van der Waals surface area contributed by atoms with E-state index in [0.717, 1.165) is 17.5 Å². The van der Waals surface area contributed by atoms with Crippen LogP contribution in [0.1, 0.15) is 22.0 Å². The summed E-state index contributed by atoms with van der Waals surface area (Å²) in [5, 5.41) is 4.91. The molecule has 1 amide bonds. The summed E-state index contributed by atoms with van der Waals surface area (Å²) in [7, 11) is 0. The van der Waals surface area contributed by atoms with Gasteiger partial charge in [0.15, 0.2) is 0 Å². The molecule has 1 heterocycles. The lowest BCUT2D eigenvalue weighted by atomic mass is 10.1. The van der Waals surface area contributed by atoms with Crippen LogP contribution in [0.25, 0.3) is 0 Å². The van der Waals surface area contributed by atoms with Gasteiger partial charge in [-0.05, 0) is 30.4 Å². The number of nitrogens with one attached hydrogen (secondary N) is 1. The summed E-state index contributed by atoms with van der Waals surface area (Å²) in [6, 6.07) is 11.2. The van der Waals surface area contributed by atoms with Crippen LogP contribution in [-0.2, 0) is 11.2 Å². The van der Waals surface area contributed by atoms with Crippen molar-refractivity contribution < 1.29 is 4.79 Å². The molecule has 2 rings (SSSR count). The number of hydrogen-bond donors (Lipinski definition) is 2. The largest absolute Gasteiger partial charge is 0.354 e. The Kier molecular flexibility index (Phi) is 4.71. The van der Waals surface area contributed by atoms with Crippen molar-refractivity contribution in [2.75, 3.05) is 6.54 Å². The second-order valence-electron chi connectivity index (χ2n) is 4.51. The lowest BCUT2D eigenvalue weighted by Gasteiger charge is -2.12. The van der Waals surface area contributed by atoms with Crippen molar-refractivity contribution in [3.63, 3.8) is 0 Å². The SMILES string of the molecule is Cc1ccc(C(N)C(=O)NCCc2cccs2)cc1. The van der Waals surface area contributed by atoms with E-state index in [0.29, 0.717) is 6.54 Å². The summed E-state index contributed by atoms with van der Waals surface area (Å²) in [5.74, 6) is -0.125. The van der Waals surface area contributed by atoms with Gasteiger partial charge in [-0.1, -0.05) is 35.9 Å². The molecule has 1 aromatic heterocycles. The standard InChI is InChI=1S/C15H18N2OS/c1-11-4-6-12(7-5-11)14(16)15(18)17-9-8-13-3-2-10-19-13/h2-7,10,14H,8-9,16H2,1H3,(H,17,18). The summed E-state index contributed by atoms with van der Waals surface area (Å²) in [6.45, 7) is 2.63. The first-order chi connectivity index (χ1) is 9.16. The molecule has 3 nitrogen and oxygen atoms in total. The average molecular weight is 274 g/mol. The Morgan fingerprint density at radius 3 is 2.68 bits per heavy atom. The smallest absolute Gasteiger partial charge is 0.241 e. The summed E-state index contributed by atoms with van der Waals surface area (Å²) in [4.78, 5) is 13.2. The number of carbonyl (C=O) groups excluding carboxylic acids is 1. The molecule has 1 unspecified atom stereocenters. The molecule has 3 N–H and O–H groups in total. The van der Waals surface area contributed by atoms with Crippen LogP contribution in [0.3, 0.4) is 0 Å². The molecule has 0 aliphatic carbocycles. The molecule has 4 heteroatoms. The zero-order valence-corrected chi connectivity index (χ0v) is 11.7. The Morgan fingerprint density at radius 1 is 1.32 bits per heavy atom. The fraction of sp³-hybridized carbons (Fsp3) is 0.267. The first-order valence-corrected chi connectivity index (χ1v) is 7.17. The van der Waals surface area contributed by atoms with E-state index in [-0.39, 0.29) is 5.91 Å². The molecule has 0 bridgehead atoms. The predicted octanol–water partition coefficient (Wildman–Crippen LogP) is 2.42. The highest BCUT2D eigenvalue weighted by molar-refractivity contribution is 7.09. The number of benzene rings is 1. The molecular weight excluding hydrogens is 256 g/mol. The minimum Gasteiger partial charge on any atom is -0.354 e. The number of amides is 1. The van der Waals surface area contributed by atoms with Gasteiger partial charge in [0.25, 0.3) is 0 Å². The molecule has 1 aromatic carbocycles. The normalized spacial score (nSPS) is 12.1. The number of nitrogens with two attached hydrogens (primary N) is 1. The maximum atomic E-state index is 11.9. The van der Waals surface area contributed by atoms with E-state index in [2.05, 4.69) is 11.4 Å². The van der Waals surface area contributed by atoms with Crippen molar-refractivity contribution in [3.05, 3.63) is 57.8 Å². The van der Waals surface area contributed by atoms with Gasteiger partial charge in [-0.3, -0.25) is 4.79 Å². The molecule has 0 saturated carbocycles. The first-order valence-electron chi connectivity index (χ1n) is 6.29. The van der Waals surface area contributed by atoms with E-state index in [9.17, 15) is 4.79 Å². The van der Waals surface area contributed by atoms with Crippen molar-refractivity contribution in [3.8, 4) is 0 Å². The fourth-order valence-corrected chi connectivity index (χ4v) is 2.51. The van der Waals surface area contributed by atoms with Crippen LogP contribution < -0.4 is 11.1 Å². The molecule has 100 valence electrons. The number of carbonyl (C=O) groups is 1. The lowest BCUT2D eigenvalue weighted by molar-refractivity contribution is -0.122. The predicted molar refractivity (Wildman–Crippen MR) is 79.1 cm³/mol. The minimum absolute atomic E-state index is 0.125. The second-order valence-corrected chi connectivity index (χ2v) is 5.54. The third-order valence-corrected chi connectivity index (χ3v) is 3.91. The van der Waals surface area contributed by atoms with E-state index in [1.807, 2.05) is 42.6 Å². The summed E-state index contributed by atoms with van der Waals surface area (Å²) in [5.41, 5.74) is 7.95. The summed E-state index contributed by atoms with van der Waals surface area (Å²) in [6.07, 6.45) is 0.851. The molecule has 0 spiro atoms. The number of thiophene rings is 1. The second kappa shape index (κ2) is 6.50. The molecular formula is C15H18N2OS. The molecule has 0 fully saturated rings. The van der Waals surface area contributed by atoms with Crippen LogP contribution in [-0.4, -0.2) is 12.5 Å². The highest BCUT2D eigenvalue weighted by Gasteiger charge is 2.14. The summed E-state index contributed by atoms with van der Waals surface area (Å²) >= 11 is 1.70. The molecule has 1 atom stereocenters. The van der Waals surface area contributed by atoms with Gasteiger partial charge in [0.2, 0.25) is 5.91 Å². The quantitative estimate of drug-likeness (QED) is 0.879. The van der Waals surface area contributed by atoms with Gasteiger partial charge in [-0.15, -0.1) is 11.3 Å². The van der Waals surface area contributed by atoms with Gasteiger partial charge in [-0.25, -0.2) is 0 Å². The Labute approximate surface area is 117 Å². The van der Waals surface area contributed by atoms with Gasteiger partial charge < -0.3 is 11.1 Å². The summed E-state index contributed by atoms with van der Waals surface area (Å²) < 4.78 is 0. The van der Waals surface area contributed by atoms with Gasteiger partial charge in [-0.2, -0.15) is 0 Å². The molecule has 0 aliphatic rings. The van der Waals surface area contributed by atoms with Gasteiger partial charge in [0, 0.05) is 11.4 Å². The van der Waals surface area contributed by atoms with Crippen LogP contribution >= 0.6 is 11.3 Å². The van der Waals surface area contributed by atoms with E-state index >= 15 is 0 Å². The average Bonchev–Trinajstić information content (AvgIpc) is 2.92. The van der Waals surface area contributed by atoms with Gasteiger partial charge in [0.1, 0.15) is 6.04 Å². The Bertz CT molecular complexity index is 520. The monoisotopic (exact) mass is 274 g/mol. The van der Waals surface area contributed by atoms with Crippen molar-refractivity contribution in [2.45, 2.75) is 19.4 Å². The van der Waals surface area contributed by atoms with Crippen molar-refractivity contribution in [1.82, 2.24) is 5.32 Å². The van der Waals surface area contributed by atoms with Crippen LogP contribution in [0.4, 0.5) is 0 Å². The van der Waals surface area contributed by atoms with Crippen LogP contribution in [0.5, 0.6) is 0 Å². The van der Waals surface area contributed by atoms with E-state index in [1.165, 1.54) is 4.88 Å². The molecule has 0 saturated heterocycles. The van der Waals surface area contributed by atoms with Crippen LogP contribution in [0, 0.1) is 6.92 Å². The Hall–Kier alpha value is -1.65. The maximum absolute atomic E-state index is 11.9. The number of rotatable bonds is 5. The fourth-order valence-electron chi connectivity index (χ4n) is 1.80. The van der Waals surface area contributed by atoms with Crippen LogP contribution in [0.2, 0.25) is 0 Å². The zero-order valence-electron chi connectivity index (χ0n) is 10.9. The van der Waals surface area contributed by atoms with Crippen molar-refractivity contribution in [2.24, 2.45) is 5.73 Å². The maximum Gasteiger partial charge on any atom is 0.241 e. The first kappa shape index (κ1) is 13.8. The highest BCUT2D eigenvalue weighted by atomic mass is 32.1. The Morgan fingerprint density at radius 2 is 2.05 bits per heavy atom.